The van der Waals surface area contributed by atoms with Gasteiger partial charge < -0.3 is 15.8 Å². The number of nitrogens with one attached hydrogen (secondary N) is 1. The minimum Gasteiger partial charge on any atom is -0.497 e. The maximum atomic E-state index is 12.9. The second-order valence-electron chi connectivity index (χ2n) is 8.17. The maximum Gasteiger partial charge on any atom is 0.255 e. The SMILES string of the molecule is COc1ccc(-c2cc(N)n(-c3ccc(C(=O)Nc4cccc(-c5ccnc(C)n5)c4)cc3)n2)cc1. The van der Waals surface area contributed by atoms with Gasteiger partial charge in [0.15, 0.2) is 0 Å². The van der Waals surface area contributed by atoms with E-state index in [1.54, 1.807) is 30.1 Å². The van der Waals surface area contributed by atoms with Gasteiger partial charge in [-0.1, -0.05) is 12.1 Å². The number of carbonyl (C=O) groups excluding carboxylic acids is 1. The van der Waals surface area contributed by atoms with Gasteiger partial charge in [-0.25, -0.2) is 14.6 Å². The summed E-state index contributed by atoms with van der Waals surface area (Å²) in [5, 5.41) is 7.58. The van der Waals surface area contributed by atoms with Crippen LogP contribution in [0.4, 0.5) is 11.5 Å². The Morgan fingerprint density at radius 3 is 2.42 bits per heavy atom. The molecule has 0 atom stereocenters. The van der Waals surface area contributed by atoms with Gasteiger partial charge >= 0.3 is 0 Å². The summed E-state index contributed by atoms with van der Waals surface area (Å²) < 4.78 is 6.86. The Balaban J connectivity index is 1.32. The van der Waals surface area contributed by atoms with Crippen molar-refractivity contribution in [2.24, 2.45) is 0 Å². The molecule has 1 amide bonds. The Morgan fingerprint density at radius 1 is 0.917 bits per heavy atom. The van der Waals surface area contributed by atoms with E-state index >= 15 is 0 Å². The van der Waals surface area contributed by atoms with Crippen molar-refractivity contribution in [3.8, 4) is 34.0 Å². The van der Waals surface area contributed by atoms with Crippen molar-refractivity contribution < 1.29 is 9.53 Å². The van der Waals surface area contributed by atoms with Crippen LogP contribution in [0.3, 0.4) is 0 Å². The largest absolute Gasteiger partial charge is 0.497 e. The molecule has 0 unspecified atom stereocenters. The van der Waals surface area contributed by atoms with Gasteiger partial charge in [-0.2, -0.15) is 5.10 Å². The Hall–Kier alpha value is -4.98. The third kappa shape index (κ3) is 4.78. The average molecular weight is 477 g/mol. The van der Waals surface area contributed by atoms with Crippen LogP contribution in [-0.4, -0.2) is 32.8 Å². The van der Waals surface area contributed by atoms with E-state index in [9.17, 15) is 4.79 Å². The van der Waals surface area contributed by atoms with Crippen LogP contribution in [0.2, 0.25) is 0 Å². The molecule has 0 saturated heterocycles. The average Bonchev–Trinajstić information content (AvgIpc) is 3.30. The molecule has 0 aliphatic heterocycles. The summed E-state index contributed by atoms with van der Waals surface area (Å²) in [5.74, 6) is 1.74. The lowest BCUT2D eigenvalue weighted by Crippen LogP contribution is -2.12. The third-order valence-corrected chi connectivity index (χ3v) is 5.69. The number of nitrogen functional groups attached to an aromatic ring is 1. The summed E-state index contributed by atoms with van der Waals surface area (Å²) in [7, 11) is 1.63. The van der Waals surface area contributed by atoms with E-state index in [1.165, 1.54) is 0 Å². The number of hydrogen-bond acceptors (Lipinski definition) is 6. The molecule has 0 radical (unpaired) electrons. The monoisotopic (exact) mass is 476 g/mol. The molecule has 8 nitrogen and oxygen atoms in total. The molecule has 3 aromatic carbocycles. The number of aryl methyl sites for hydroxylation is 1. The number of ether oxygens (including phenoxy) is 1. The number of benzene rings is 3. The summed E-state index contributed by atoms with van der Waals surface area (Å²) in [6, 6.07) is 26.0. The number of nitrogens with two attached hydrogens (primary N) is 1. The first-order valence-electron chi connectivity index (χ1n) is 11.3. The molecule has 3 N–H and O–H groups in total. The van der Waals surface area contributed by atoms with Crippen LogP contribution in [0.15, 0.2) is 91.1 Å². The number of amides is 1. The number of methoxy groups -OCH3 is 1. The Kier molecular flexibility index (Phi) is 6.15. The molecule has 0 bridgehead atoms. The molecule has 5 rings (SSSR count). The van der Waals surface area contributed by atoms with Gasteiger partial charge in [-0.3, -0.25) is 4.79 Å². The number of anilines is 2. The third-order valence-electron chi connectivity index (χ3n) is 5.69. The molecule has 0 fully saturated rings. The van der Waals surface area contributed by atoms with Crippen LogP contribution in [0, 0.1) is 6.92 Å². The van der Waals surface area contributed by atoms with Crippen molar-refractivity contribution in [3.63, 3.8) is 0 Å². The van der Waals surface area contributed by atoms with Crippen LogP contribution >= 0.6 is 0 Å². The van der Waals surface area contributed by atoms with Gasteiger partial charge in [-0.05, 0) is 73.7 Å². The fraction of sp³-hybridized carbons (Fsp3) is 0.0714. The zero-order chi connectivity index (χ0) is 25.1. The molecule has 2 aromatic heterocycles. The molecule has 0 saturated carbocycles. The van der Waals surface area contributed by atoms with E-state index in [4.69, 9.17) is 10.5 Å². The van der Waals surface area contributed by atoms with E-state index in [2.05, 4.69) is 20.4 Å². The van der Waals surface area contributed by atoms with Crippen LogP contribution < -0.4 is 15.8 Å². The quantitative estimate of drug-likeness (QED) is 0.351. The van der Waals surface area contributed by atoms with E-state index in [0.29, 0.717) is 22.9 Å². The second-order valence-corrected chi connectivity index (χ2v) is 8.17. The van der Waals surface area contributed by atoms with Crippen molar-refractivity contribution in [1.29, 1.82) is 0 Å². The first-order chi connectivity index (χ1) is 17.5. The fourth-order valence-corrected chi connectivity index (χ4v) is 3.84. The minimum atomic E-state index is -0.218. The van der Waals surface area contributed by atoms with Crippen LogP contribution in [0.1, 0.15) is 16.2 Å². The second kappa shape index (κ2) is 9.71. The van der Waals surface area contributed by atoms with Gasteiger partial charge in [0.05, 0.1) is 24.2 Å². The Morgan fingerprint density at radius 2 is 1.69 bits per heavy atom. The summed E-state index contributed by atoms with van der Waals surface area (Å²) in [6.45, 7) is 1.84. The molecule has 2 heterocycles. The lowest BCUT2D eigenvalue weighted by atomic mass is 10.1. The normalized spacial score (nSPS) is 10.7. The summed E-state index contributed by atoms with van der Waals surface area (Å²) in [6.07, 6.45) is 1.72. The lowest BCUT2D eigenvalue weighted by Gasteiger charge is -2.09. The van der Waals surface area contributed by atoms with Crippen LogP contribution in [0.25, 0.3) is 28.2 Å². The fourth-order valence-electron chi connectivity index (χ4n) is 3.84. The van der Waals surface area contributed by atoms with Gasteiger partial charge in [-0.15, -0.1) is 0 Å². The topological polar surface area (TPSA) is 108 Å². The molecule has 8 heteroatoms. The lowest BCUT2D eigenvalue weighted by molar-refractivity contribution is 0.102. The molecule has 178 valence electrons. The number of hydrogen-bond donors (Lipinski definition) is 2. The number of rotatable bonds is 6. The molecular weight excluding hydrogens is 452 g/mol. The Labute approximate surface area is 208 Å². The summed E-state index contributed by atoms with van der Waals surface area (Å²) in [5.41, 5.74) is 11.5. The van der Waals surface area contributed by atoms with Crippen LogP contribution in [0.5, 0.6) is 5.75 Å². The van der Waals surface area contributed by atoms with Crippen LogP contribution in [-0.2, 0) is 0 Å². The number of nitrogens with zero attached hydrogens (tertiary/aromatic N) is 4. The highest BCUT2D eigenvalue weighted by Crippen LogP contribution is 2.25. The van der Waals surface area contributed by atoms with Crippen molar-refractivity contribution in [2.75, 3.05) is 18.2 Å². The van der Waals surface area contributed by atoms with Crippen molar-refractivity contribution in [1.82, 2.24) is 19.7 Å². The zero-order valence-electron chi connectivity index (χ0n) is 19.8. The molecule has 36 heavy (non-hydrogen) atoms. The van der Waals surface area contributed by atoms with Gasteiger partial charge in [0.2, 0.25) is 0 Å². The van der Waals surface area contributed by atoms with E-state index in [0.717, 1.165) is 34.0 Å². The molecule has 5 aromatic rings. The molecule has 0 spiro atoms. The predicted molar refractivity (Wildman–Crippen MR) is 140 cm³/mol. The standard InChI is InChI=1S/C28H24N6O2/c1-18-30-15-14-25(31-18)21-4-3-5-22(16-21)32-28(35)20-6-10-23(11-7-20)34-27(29)17-26(33-34)19-8-12-24(36-2)13-9-19/h3-17H,29H2,1-2H3,(H,32,35). The molecule has 0 aliphatic carbocycles. The number of aromatic nitrogens is 4. The number of carbonyl (C=O) groups is 1. The minimum absolute atomic E-state index is 0.218. The Bertz CT molecular complexity index is 1520. The summed E-state index contributed by atoms with van der Waals surface area (Å²) in [4.78, 5) is 21.5. The molecule has 0 aliphatic rings. The van der Waals surface area contributed by atoms with Gasteiger partial charge in [0.25, 0.3) is 5.91 Å². The van der Waals surface area contributed by atoms with E-state index in [1.807, 2.05) is 79.7 Å². The smallest absolute Gasteiger partial charge is 0.255 e. The maximum absolute atomic E-state index is 12.9. The summed E-state index contributed by atoms with van der Waals surface area (Å²) >= 11 is 0. The predicted octanol–water partition coefficient (Wildman–Crippen LogP) is 5.15. The highest BCUT2D eigenvalue weighted by atomic mass is 16.5. The van der Waals surface area contributed by atoms with Crippen molar-refractivity contribution >= 4 is 17.4 Å². The highest BCUT2D eigenvalue weighted by Gasteiger charge is 2.12. The van der Waals surface area contributed by atoms with Crippen molar-refractivity contribution in [3.05, 3.63) is 103 Å². The first-order valence-corrected chi connectivity index (χ1v) is 11.3. The first kappa shape index (κ1) is 22.8. The molecular formula is C28H24N6O2. The van der Waals surface area contributed by atoms with E-state index in [-0.39, 0.29) is 5.91 Å². The highest BCUT2D eigenvalue weighted by molar-refractivity contribution is 6.04. The van der Waals surface area contributed by atoms with Crippen molar-refractivity contribution in [2.45, 2.75) is 6.92 Å². The van der Waals surface area contributed by atoms with E-state index < -0.39 is 0 Å². The van der Waals surface area contributed by atoms with Gasteiger partial charge in [0, 0.05) is 34.6 Å². The van der Waals surface area contributed by atoms with Gasteiger partial charge in [0.1, 0.15) is 17.4 Å². The zero-order valence-corrected chi connectivity index (χ0v) is 19.8.